The zero-order valence-corrected chi connectivity index (χ0v) is 12.1. The van der Waals surface area contributed by atoms with E-state index in [1.54, 1.807) is 19.1 Å². The van der Waals surface area contributed by atoms with Gasteiger partial charge >= 0.3 is 0 Å². The number of nitrogens with zero attached hydrogens (tertiary/aromatic N) is 2. The fourth-order valence-electron chi connectivity index (χ4n) is 2.72. The van der Waals surface area contributed by atoms with Crippen molar-refractivity contribution in [3.8, 4) is 0 Å². The molecular formula is C15H15N5O2. The van der Waals surface area contributed by atoms with Gasteiger partial charge in [0.2, 0.25) is 0 Å². The minimum atomic E-state index is -0.225. The van der Waals surface area contributed by atoms with Crippen LogP contribution in [-0.4, -0.2) is 27.6 Å². The van der Waals surface area contributed by atoms with E-state index in [0.717, 1.165) is 29.7 Å². The fourth-order valence-corrected chi connectivity index (χ4v) is 2.72. The molecule has 0 saturated carbocycles. The van der Waals surface area contributed by atoms with Crippen LogP contribution in [0, 0.1) is 6.92 Å². The van der Waals surface area contributed by atoms with Crippen LogP contribution in [0.1, 0.15) is 27.6 Å². The Morgan fingerprint density at radius 2 is 2.32 bits per heavy atom. The Balaban J connectivity index is 1.61. The summed E-state index contributed by atoms with van der Waals surface area (Å²) in [4.78, 5) is 16.7. The summed E-state index contributed by atoms with van der Waals surface area (Å²) in [5.74, 6) is 0.378. The van der Waals surface area contributed by atoms with E-state index in [2.05, 4.69) is 25.8 Å². The second-order valence-corrected chi connectivity index (χ2v) is 5.33. The van der Waals surface area contributed by atoms with Crippen LogP contribution in [0.5, 0.6) is 0 Å². The van der Waals surface area contributed by atoms with E-state index in [1.165, 1.54) is 0 Å². The number of fused-ring (bicyclic) bond motifs is 2. The van der Waals surface area contributed by atoms with Gasteiger partial charge in [-0.1, -0.05) is 0 Å². The van der Waals surface area contributed by atoms with Gasteiger partial charge in [-0.15, -0.1) is 0 Å². The summed E-state index contributed by atoms with van der Waals surface area (Å²) in [6.45, 7) is 3.36. The second-order valence-electron chi connectivity index (χ2n) is 5.33. The van der Waals surface area contributed by atoms with Crippen molar-refractivity contribution in [2.45, 2.75) is 19.9 Å². The first-order valence-electron chi connectivity index (χ1n) is 7.16. The lowest BCUT2D eigenvalue weighted by Gasteiger charge is -2.12. The molecule has 0 atom stereocenters. The minimum absolute atomic E-state index is 0.225. The molecule has 0 radical (unpaired) electrons. The van der Waals surface area contributed by atoms with Crippen LogP contribution < -0.4 is 10.6 Å². The molecule has 1 aromatic carbocycles. The molecule has 0 aliphatic carbocycles. The first kappa shape index (κ1) is 13.0. The third kappa shape index (κ3) is 2.15. The number of benzene rings is 1. The molecule has 2 aromatic heterocycles. The molecule has 7 nitrogen and oxygen atoms in total. The molecule has 112 valence electrons. The van der Waals surface area contributed by atoms with Crippen molar-refractivity contribution in [1.29, 1.82) is 0 Å². The minimum Gasteiger partial charge on any atom is -0.441 e. The number of oxazole rings is 1. The molecule has 1 aliphatic rings. The van der Waals surface area contributed by atoms with Crippen LogP contribution >= 0.6 is 0 Å². The number of H-pyrrole nitrogens is 1. The Morgan fingerprint density at radius 3 is 3.23 bits per heavy atom. The average molecular weight is 297 g/mol. The number of hydrogen-bond donors (Lipinski definition) is 3. The Morgan fingerprint density at radius 1 is 1.41 bits per heavy atom. The lowest BCUT2D eigenvalue weighted by atomic mass is 10.1. The summed E-state index contributed by atoms with van der Waals surface area (Å²) in [5, 5.41) is 13.2. The van der Waals surface area contributed by atoms with E-state index in [4.69, 9.17) is 4.42 Å². The highest BCUT2D eigenvalue weighted by Crippen LogP contribution is 2.21. The molecule has 0 saturated heterocycles. The van der Waals surface area contributed by atoms with Gasteiger partial charge in [-0.2, -0.15) is 5.10 Å². The Kier molecular flexibility index (Phi) is 2.93. The molecule has 7 heteroatoms. The summed E-state index contributed by atoms with van der Waals surface area (Å²) in [6, 6.07) is 5.40. The lowest BCUT2D eigenvalue weighted by Crippen LogP contribution is -2.25. The van der Waals surface area contributed by atoms with Crippen molar-refractivity contribution in [2.75, 3.05) is 11.9 Å². The number of carbonyl (C=O) groups excluding carboxylic acids is 1. The highest BCUT2D eigenvalue weighted by molar-refractivity contribution is 6.04. The maximum atomic E-state index is 12.4. The van der Waals surface area contributed by atoms with Gasteiger partial charge in [0.25, 0.3) is 5.91 Å². The number of hydrogen-bond acceptors (Lipinski definition) is 5. The van der Waals surface area contributed by atoms with Crippen molar-refractivity contribution in [2.24, 2.45) is 0 Å². The van der Waals surface area contributed by atoms with Crippen molar-refractivity contribution < 1.29 is 9.21 Å². The van der Waals surface area contributed by atoms with Gasteiger partial charge in [0.1, 0.15) is 5.52 Å². The molecular weight excluding hydrogens is 282 g/mol. The molecule has 0 unspecified atom stereocenters. The van der Waals surface area contributed by atoms with E-state index >= 15 is 0 Å². The smallest absolute Gasteiger partial charge is 0.276 e. The molecule has 3 heterocycles. The lowest BCUT2D eigenvalue weighted by molar-refractivity contribution is 0.102. The zero-order chi connectivity index (χ0) is 15.1. The van der Waals surface area contributed by atoms with Gasteiger partial charge in [0.15, 0.2) is 17.2 Å². The molecule has 1 amide bonds. The first-order chi connectivity index (χ1) is 10.7. The standard InChI is InChI=1S/C15H15N5O2/c1-8-17-12-3-2-9(6-13(12)22-8)18-15(21)14-10-7-16-5-4-11(10)19-20-14/h2-3,6,16H,4-5,7H2,1H3,(H,18,21)(H,19,20). The molecule has 0 fully saturated rings. The number of aromatic amines is 1. The summed E-state index contributed by atoms with van der Waals surface area (Å²) < 4.78 is 5.48. The summed E-state index contributed by atoms with van der Waals surface area (Å²) in [7, 11) is 0. The quantitative estimate of drug-likeness (QED) is 0.670. The van der Waals surface area contributed by atoms with Crippen LogP contribution in [0.4, 0.5) is 5.69 Å². The predicted molar refractivity (Wildman–Crippen MR) is 80.7 cm³/mol. The van der Waals surface area contributed by atoms with Gasteiger partial charge in [-0.25, -0.2) is 4.98 Å². The number of nitrogens with one attached hydrogen (secondary N) is 3. The van der Waals surface area contributed by atoms with Crippen LogP contribution in [0.3, 0.4) is 0 Å². The summed E-state index contributed by atoms with van der Waals surface area (Å²) in [5.41, 5.74) is 4.51. The molecule has 22 heavy (non-hydrogen) atoms. The van der Waals surface area contributed by atoms with E-state index in [-0.39, 0.29) is 5.91 Å². The number of aromatic nitrogens is 3. The van der Waals surface area contributed by atoms with Gasteiger partial charge < -0.3 is 15.1 Å². The molecule has 1 aliphatic heterocycles. The number of aryl methyl sites for hydroxylation is 1. The highest BCUT2D eigenvalue weighted by Gasteiger charge is 2.21. The molecule has 0 spiro atoms. The maximum Gasteiger partial charge on any atom is 0.276 e. The van der Waals surface area contributed by atoms with Crippen molar-refractivity contribution in [1.82, 2.24) is 20.5 Å². The van der Waals surface area contributed by atoms with Crippen molar-refractivity contribution in [3.05, 3.63) is 41.0 Å². The number of carbonyl (C=O) groups is 1. The molecule has 0 bridgehead atoms. The van der Waals surface area contributed by atoms with Crippen LogP contribution in [0.25, 0.3) is 11.1 Å². The van der Waals surface area contributed by atoms with Crippen molar-refractivity contribution >= 4 is 22.7 Å². The number of rotatable bonds is 2. The summed E-state index contributed by atoms with van der Waals surface area (Å²) in [6.07, 6.45) is 0.860. The number of anilines is 1. The normalized spacial score (nSPS) is 14.0. The highest BCUT2D eigenvalue weighted by atomic mass is 16.3. The summed E-state index contributed by atoms with van der Waals surface area (Å²) >= 11 is 0. The Bertz CT molecular complexity index is 864. The third-order valence-electron chi connectivity index (χ3n) is 3.77. The zero-order valence-electron chi connectivity index (χ0n) is 12.1. The predicted octanol–water partition coefficient (Wildman–Crippen LogP) is 1.76. The topological polar surface area (TPSA) is 95.8 Å². The SMILES string of the molecule is Cc1nc2ccc(NC(=O)c3n[nH]c4c3CNCC4)cc2o1. The average Bonchev–Trinajstić information content (AvgIpc) is 3.09. The fraction of sp³-hybridized carbons (Fsp3) is 0.267. The van der Waals surface area contributed by atoms with Gasteiger partial charge in [-0.3, -0.25) is 9.89 Å². The molecule has 4 rings (SSSR count). The third-order valence-corrected chi connectivity index (χ3v) is 3.77. The maximum absolute atomic E-state index is 12.4. The molecule has 3 aromatic rings. The van der Waals surface area contributed by atoms with Gasteiger partial charge in [-0.05, 0) is 12.1 Å². The largest absolute Gasteiger partial charge is 0.441 e. The Hall–Kier alpha value is -2.67. The van der Waals surface area contributed by atoms with E-state index in [1.807, 2.05) is 6.07 Å². The second kappa shape index (κ2) is 4.96. The van der Waals surface area contributed by atoms with E-state index < -0.39 is 0 Å². The van der Waals surface area contributed by atoms with E-state index in [9.17, 15) is 4.79 Å². The number of amides is 1. The van der Waals surface area contributed by atoms with Crippen LogP contribution in [-0.2, 0) is 13.0 Å². The van der Waals surface area contributed by atoms with Crippen molar-refractivity contribution in [3.63, 3.8) is 0 Å². The van der Waals surface area contributed by atoms with Crippen LogP contribution in [0.2, 0.25) is 0 Å². The molecule has 3 N–H and O–H groups in total. The van der Waals surface area contributed by atoms with Crippen LogP contribution in [0.15, 0.2) is 22.6 Å². The van der Waals surface area contributed by atoms with E-state index in [0.29, 0.717) is 29.4 Å². The first-order valence-corrected chi connectivity index (χ1v) is 7.16. The van der Waals surface area contributed by atoms with Gasteiger partial charge in [0.05, 0.1) is 0 Å². The monoisotopic (exact) mass is 297 g/mol. The Labute approximate surface area is 126 Å². The van der Waals surface area contributed by atoms with Gasteiger partial charge in [0, 0.05) is 49.4 Å².